The SMILES string of the molecule is CC1CCN(CCOc2ccc(C(=O)c3c(-c4ccc(O)cc4)sc4cc(OC(=O)C(C)(C)C)ccc34)cc2)C1. The van der Waals surface area contributed by atoms with E-state index in [0.717, 1.165) is 51.8 Å². The molecule has 1 aliphatic rings. The van der Waals surface area contributed by atoms with Crippen LogP contribution in [-0.4, -0.2) is 48.0 Å². The Hall–Kier alpha value is -3.68. The number of nitrogens with zero attached hydrogens (tertiary/aromatic N) is 1. The van der Waals surface area contributed by atoms with Gasteiger partial charge in [-0.2, -0.15) is 0 Å². The molecule has 1 N–H and O–H groups in total. The molecule has 3 aromatic carbocycles. The van der Waals surface area contributed by atoms with Gasteiger partial charge >= 0.3 is 5.97 Å². The van der Waals surface area contributed by atoms with Gasteiger partial charge in [-0.1, -0.05) is 6.92 Å². The number of rotatable bonds is 8. The van der Waals surface area contributed by atoms with Crippen molar-refractivity contribution in [2.45, 2.75) is 34.1 Å². The number of fused-ring (bicyclic) bond motifs is 1. The third-order valence-corrected chi connectivity index (χ3v) is 8.34. The maximum Gasteiger partial charge on any atom is 0.316 e. The lowest BCUT2D eigenvalue weighted by Gasteiger charge is -2.16. The van der Waals surface area contributed by atoms with Crippen LogP contribution in [0.4, 0.5) is 0 Å². The van der Waals surface area contributed by atoms with Gasteiger partial charge in [-0.05, 0) is 112 Å². The van der Waals surface area contributed by atoms with E-state index < -0.39 is 5.41 Å². The topological polar surface area (TPSA) is 76.1 Å². The number of hydrogen-bond acceptors (Lipinski definition) is 7. The predicted octanol–water partition coefficient (Wildman–Crippen LogP) is 7.18. The summed E-state index contributed by atoms with van der Waals surface area (Å²) in [4.78, 5) is 29.6. The van der Waals surface area contributed by atoms with Crippen LogP contribution in [0.2, 0.25) is 0 Å². The standard InChI is InChI=1S/C33H35NO5S/c1-21-15-16-34(20-21)17-18-38-25-11-7-22(8-12-25)30(36)29-27-14-13-26(39-32(37)33(2,3)4)19-28(27)40-31(29)23-5-9-24(35)10-6-23/h5-14,19,21,35H,15-18,20H2,1-4H3. The van der Waals surface area contributed by atoms with Crippen LogP contribution < -0.4 is 9.47 Å². The molecule has 6 nitrogen and oxygen atoms in total. The van der Waals surface area contributed by atoms with Gasteiger partial charge in [0, 0.05) is 39.2 Å². The van der Waals surface area contributed by atoms with Crippen molar-refractivity contribution >= 4 is 33.2 Å². The van der Waals surface area contributed by atoms with Crippen LogP contribution in [0.25, 0.3) is 20.5 Å². The Bertz CT molecular complexity index is 1520. The van der Waals surface area contributed by atoms with E-state index in [0.29, 0.717) is 23.5 Å². The van der Waals surface area contributed by atoms with Crippen LogP contribution in [0.5, 0.6) is 17.2 Å². The fourth-order valence-electron chi connectivity index (χ4n) is 4.81. The Labute approximate surface area is 239 Å². The molecule has 5 rings (SSSR count). The summed E-state index contributed by atoms with van der Waals surface area (Å²) in [5.74, 6) is 1.65. The number of benzene rings is 3. The first kappa shape index (κ1) is 27.9. The quantitative estimate of drug-likeness (QED) is 0.141. The van der Waals surface area contributed by atoms with Crippen molar-refractivity contribution in [3.8, 4) is 27.7 Å². The van der Waals surface area contributed by atoms with Crippen molar-refractivity contribution in [3.63, 3.8) is 0 Å². The molecule has 1 atom stereocenters. The van der Waals surface area contributed by atoms with Gasteiger partial charge in [0.05, 0.1) is 5.41 Å². The van der Waals surface area contributed by atoms with Gasteiger partial charge < -0.3 is 14.6 Å². The smallest absolute Gasteiger partial charge is 0.316 e. The molecule has 40 heavy (non-hydrogen) atoms. The molecule has 4 aromatic rings. The number of esters is 1. The van der Waals surface area contributed by atoms with Crippen molar-refractivity contribution in [3.05, 3.63) is 77.9 Å². The number of carbonyl (C=O) groups is 2. The van der Waals surface area contributed by atoms with E-state index >= 15 is 0 Å². The minimum atomic E-state index is -0.634. The molecule has 1 aromatic heterocycles. The molecule has 0 aliphatic carbocycles. The maximum atomic E-state index is 13.9. The Morgan fingerprint density at radius 2 is 1.70 bits per heavy atom. The van der Waals surface area contributed by atoms with Crippen molar-refractivity contribution in [2.75, 3.05) is 26.2 Å². The van der Waals surface area contributed by atoms with Gasteiger partial charge in [-0.3, -0.25) is 14.5 Å². The zero-order valence-corrected chi connectivity index (χ0v) is 24.2. The Balaban J connectivity index is 1.42. The summed E-state index contributed by atoms with van der Waals surface area (Å²) in [6.45, 7) is 11.5. The van der Waals surface area contributed by atoms with E-state index in [4.69, 9.17) is 9.47 Å². The fourth-order valence-corrected chi connectivity index (χ4v) is 6.04. The Kier molecular flexibility index (Phi) is 7.97. The van der Waals surface area contributed by atoms with Crippen LogP contribution in [0.1, 0.15) is 50.0 Å². The normalized spacial score (nSPS) is 15.8. The molecule has 208 valence electrons. The second-order valence-electron chi connectivity index (χ2n) is 11.5. The molecule has 0 saturated carbocycles. The van der Waals surface area contributed by atoms with Crippen LogP contribution in [0.3, 0.4) is 0 Å². The highest BCUT2D eigenvalue weighted by molar-refractivity contribution is 7.22. The molecule has 1 fully saturated rings. The molecular weight excluding hydrogens is 522 g/mol. The number of ketones is 1. The average Bonchev–Trinajstić information content (AvgIpc) is 3.51. The van der Waals surface area contributed by atoms with Crippen LogP contribution >= 0.6 is 11.3 Å². The van der Waals surface area contributed by atoms with Crippen molar-refractivity contribution < 1.29 is 24.2 Å². The van der Waals surface area contributed by atoms with Gasteiger partial charge in [-0.25, -0.2) is 0 Å². The number of phenolic OH excluding ortho intramolecular Hbond substituents is 1. The largest absolute Gasteiger partial charge is 0.508 e. The first-order valence-electron chi connectivity index (χ1n) is 13.7. The van der Waals surface area contributed by atoms with Gasteiger partial charge in [0.2, 0.25) is 0 Å². The number of likely N-dealkylation sites (tertiary alicyclic amines) is 1. The predicted molar refractivity (Wildman–Crippen MR) is 160 cm³/mol. The number of ether oxygens (including phenoxy) is 2. The van der Waals surface area contributed by atoms with Gasteiger partial charge in [0.1, 0.15) is 23.9 Å². The molecule has 1 unspecified atom stereocenters. The summed E-state index contributed by atoms with van der Waals surface area (Å²) in [6.07, 6.45) is 1.24. The zero-order chi connectivity index (χ0) is 28.4. The lowest BCUT2D eigenvalue weighted by molar-refractivity contribution is -0.142. The van der Waals surface area contributed by atoms with Gasteiger partial charge in [0.25, 0.3) is 0 Å². The Morgan fingerprint density at radius 1 is 1.00 bits per heavy atom. The van der Waals surface area contributed by atoms with Gasteiger partial charge in [0.15, 0.2) is 5.78 Å². The summed E-state index contributed by atoms with van der Waals surface area (Å²) in [7, 11) is 0. The lowest BCUT2D eigenvalue weighted by atomic mass is 9.97. The summed E-state index contributed by atoms with van der Waals surface area (Å²) in [6, 6.07) is 19.5. The van der Waals surface area contributed by atoms with E-state index in [2.05, 4.69) is 11.8 Å². The van der Waals surface area contributed by atoms with E-state index in [1.807, 2.05) is 45.0 Å². The van der Waals surface area contributed by atoms with Gasteiger partial charge in [-0.15, -0.1) is 11.3 Å². The fraction of sp³-hybridized carbons (Fsp3) is 0.333. The molecule has 1 saturated heterocycles. The molecule has 0 spiro atoms. The van der Waals surface area contributed by atoms with Crippen molar-refractivity contribution in [2.24, 2.45) is 11.3 Å². The zero-order valence-electron chi connectivity index (χ0n) is 23.4. The third kappa shape index (κ3) is 6.21. The number of phenols is 1. The van der Waals surface area contributed by atoms with Crippen LogP contribution in [-0.2, 0) is 4.79 Å². The van der Waals surface area contributed by atoms with E-state index in [1.165, 1.54) is 17.8 Å². The summed E-state index contributed by atoms with van der Waals surface area (Å²) in [5.41, 5.74) is 1.33. The minimum absolute atomic E-state index is 0.105. The highest BCUT2D eigenvalue weighted by atomic mass is 32.1. The van der Waals surface area contributed by atoms with E-state index in [-0.39, 0.29) is 17.5 Å². The van der Waals surface area contributed by atoms with Crippen molar-refractivity contribution in [1.29, 1.82) is 0 Å². The third-order valence-electron chi connectivity index (χ3n) is 7.14. The molecule has 0 amide bonds. The highest BCUT2D eigenvalue weighted by Crippen LogP contribution is 2.42. The highest BCUT2D eigenvalue weighted by Gasteiger charge is 2.26. The first-order valence-corrected chi connectivity index (χ1v) is 14.5. The molecule has 0 radical (unpaired) electrons. The number of carbonyl (C=O) groups excluding carboxylic acids is 2. The van der Waals surface area contributed by atoms with E-state index in [9.17, 15) is 14.7 Å². The number of aromatic hydroxyl groups is 1. The first-order chi connectivity index (χ1) is 19.1. The summed E-state index contributed by atoms with van der Waals surface area (Å²) in [5, 5.41) is 10.6. The summed E-state index contributed by atoms with van der Waals surface area (Å²) < 4.78 is 12.4. The molecule has 2 heterocycles. The van der Waals surface area contributed by atoms with Crippen LogP contribution in [0.15, 0.2) is 66.7 Å². The molecule has 0 bridgehead atoms. The second-order valence-corrected chi connectivity index (χ2v) is 12.6. The minimum Gasteiger partial charge on any atom is -0.508 e. The monoisotopic (exact) mass is 557 g/mol. The van der Waals surface area contributed by atoms with E-state index in [1.54, 1.807) is 42.5 Å². The molecular formula is C33H35NO5S. The number of thiophene rings is 1. The maximum absolute atomic E-state index is 13.9. The molecule has 1 aliphatic heterocycles. The second kappa shape index (κ2) is 11.4. The average molecular weight is 558 g/mol. The van der Waals surface area contributed by atoms with Crippen molar-refractivity contribution in [1.82, 2.24) is 4.90 Å². The summed E-state index contributed by atoms with van der Waals surface area (Å²) >= 11 is 1.46. The van der Waals surface area contributed by atoms with Crippen LogP contribution in [0, 0.1) is 11.3 Å². The number of hydrogen-bond donors (Lipinski definition) is 1. The molecule has 7 heteroatoms. The Morgan fingerprint density at radius 3 is 2.35 bits per heavy atom. The lowest BCUT2D eigenvalue weighted by Crippen LogP contribution is -2.25.